The summed E-state index contributed by atoms with van der Waals surface area (Å²) >= 11 is 0. The molecular weight excluding hydrogens is 288 g/mol. The molecule has 5 fully saturated rings. The lowest BCUT2D eigenvalue weighted by molar-refractivity contribution is -0.200. The molecule has 0 aromatic carbocycles. The van der Waals surface area contributed by atoms with Crippen LogP contribution in [-0.4, -0.2) is 24.3 Å². The number of cyclic esters (lactones) is 1. The topological polar surface area (TPSA) is 46.5 Å². The summed E-state index contributed by atoms with van der Waals surface area (Å²) in [6, 6.07) is 0. The fourth-order valence-corrected chi connectivity index (χ4v) is 8.25. The van der Waals surface area contributed by atoms with Gasteiger partial charge in [0.2, 0.25) is 0 Å². The molecule has 0 aromatic rings. The highest BCUT2D eigenvalue weighted by molar-refractivity contribution is 5.80. The summed E-state index contributed by atoms with van der Waals surface area (Å²) in [5, 5.41) is 10.4. The van der Waals surface area contributed by atoms with Crippen LogP contribution < -0.4 is 0 Å². The monoisotopic (exact) mass is 316 g/mol. The van der Waals surface area contributed by atoms with E-state index in [0.717, 1.165) is 38.5 Å². The van der Waals surface area contributed by atoms with Crippen molar-refractivity contribution in [3.8, 4) is 0 Å². The number of carbonyl (C=O) groups is 1. The lowest BCUT2D eigenvalue weighted by atomic mass is 9.51. The molecule has 4 saturated carbocycles. The van der Waals surface area contributed by atoms with Crippen LogP contribution in [0.25, 0.3) is 0 Å². The Morgan fingerprint density at radius 2 is 2.17 bits per heavy atom. The van der Waals surface area contributed by atoms with Crippen LogP contribution in [0.1, 0.15) is 51.9 Å². The standard InChI is InChI=1S/C20H28O3/c1-12-8-19-9-13(12)4-5-15(19)20-7-3-6-18(2,11-23-17(20)22)16(20)14(19)10-21/h13-16,21H,1,3-11H2,2H3/t13-,14+,15-,16-,18+,19-,20-/m1/s1. The fraction of sp³-hybridized carbons (Fsp3) is 0.850. The SMILES string of the molecule is C=C1C[C@]23C[C@H]1CC[C@H]2[C@@]12CCC[C@@](C)(COC1=O)[C@H]2[C@@H]3CO. The number of allylic oxidation sites excluding steroid dienone is 1. The molecule has 5 rings (SSSR count). The summed E-state index contributed by atoms with van der Waals surface area (Å²) in [6.45, 7) is 7.46. The molecule has 0 unspecified atom stereocenters. The van der Waals surface area contributed by atoms with Gasteiger partial charge in [-0.25, -0.2) is 0 Å². The van der Waals surface area contributed by atoms with Crippen LogP contribution in [0.3, 0.4) is 0 Å². The Labute approximate surface area is 138 Å². The molecule has 1 aliphatic heterocycles. The number of esters is 1. The van der Waals surface area contributed by atoms with Gasteiger partial charge < -0.3 is 9.84 Å². The fourth-order valence-electron chi connectivity index (χ4n) is 8.25. The third kappa shape index (κ3) is 1.41. The molecule has 3 nitrogen and oxygen atoms in total. The first-order valence-corrected chi connectivity index (χ1v) is 9.44. The van der Waals surface area contributed by atoms with E-state index < -0.39 is 0 Å². The molecule has 3 heteroatoms. The summed E-state index contributed by atoms with van der Waals surface area (Å²) in [7, 11) is 0. The van der Waals surface area contributed by atoms with Gasteiger partial charge in [-0.2, -0.15) is 0 Å². The molecule has 23 heavy (non-hydrogen) atoms. The predicted molar refractivity (Wildman–Crippen MR) is 86.4 cm³/mol. The first-order valence-electron chi connectivity index (χ1n) is 9.44. The van der Waals surface area contributed by atoms with Gasteiger partial charge >= 0.3 is 5.97 Å². The highest BCUT2D eigenvalue weighted by Gasteiger charge is 2.77. The third-order valence-electron chi connectivity index (χ3n) is 8.77. The predicted octanol–water partition coefficient (Wildman–Crippen LogP) is 3.32. The minimum Gasteiger partial charge on any atom is -0.465 e. The van der Waals surface area contributed by atoms with E-state index >= 15 is 0 Å². The molecular formula is C20H28O3. The second-order valence-corrected chi connectivity index (χ2v) is 9.49. The van der Waals surface area contributed by atoms with Gasteiger partial charge in [-0.15, -0.1) is 0 Å². The number of fused-ring (bicyclic) bond motifs is 1. The molecule has 1 saturated heterocycles. The third-order valence-corrected chi connectivity index (χ3v) is 8.77. The Kier molecular flexibility index (Phi) is 2.66. The van der Waals surface area contributed by atoms with Crippen molar-refractivity contribution in [3.05, 3.63) is 12.2 Å². The second kappa shape index (κ2) is 4.22. The maximum atomic E-state index is 13.1. The normalized spacial score (nSPS) is 57.0. The number of hydrogen-bond acceptors (Lipinski definition) is 3. The van der Waals surface area contributed by atoms with Gasteiger partial charge in [0.1, 0.15) is 0 Å². The molecule has 1 N–H and O–H groups in total. The van der Waals surface area contributed by atoms with Gasteiger partial charge in [0.15, 0.2) is 0 Å². The average Bonchev–Trinajstić information content (AvgIpc) is 2.94. The molecule has 7 atom stereocenters. The molecule has 1 heterocycles. The van der Waals surface area contributed by atoms with Gasteiger partial charge in [0.25, 0.3) is 0 Å². The molecule has 1 spiro atoms. The maximum absolute atomic E-state index is 13.1. The van der Waals surface area contributed by atoms with E-state index in [1.165, 1.54) is 12.0 Å². The van der Waals surface area contributed by atoms with E-state index in [0.29, 0.717) is 24.4 Å². The number of aliphatic hydroxyl groups is 1. The number of carbonyl (C=O) groups excluding carboxylic acids is 1. The van der Waals surface area contributed by atoms with Crippen molar-refractivity contribution in [2.45, 2.75) is 51.9 Å². The summed E-state index contributed by atoms with van der Waals surface area (Å²) in [4.78, 5) is 13.1. The van der Waals surface area contributed by atoms with E-state index in [4.69, 9.17) is 4.74 Å². The van der Waals surface area contributed by atoms with Gasteiger partial charge in [-0.3, -0.25) is 4.79 Å². The van der Waals surface area contributed by atoms with Crippen molar-refractivity contribution >= 4 is 5.97 Å². The van der Waals surface area contributed by atoms with Crippen molar-refractivity contribution in [1.29, 1.82) is 0 Å². The quantitative estimate of drug-likeness (QED) is 0.596. The first-order chi connectivity index (χ1) is 11.0. The number of hydrogen-bond donors (Lipinski definition) is 1. The van der Waals surface area contributed by atoms with Gasteiger partial charge in [0.05, 0.1) is 12.0 Å². The highest BCUT2D eigenvalue weighted by atomic mass is 16.5. The smallest absolute Gasteiger partial charge is 0.312 e. The van der Waals surface area contributed by atoms with Crippen LogP contribution in [0.15, 0.2) is 12.2 Å². The van der Waals surface area contributed by atoms with Crippen LogP contribution in [0.2, 0.25) is 0 Å². The number of ether oxygens (including phenoxy) is 1. The van der Waals surface area contributed by atoms with E-state index in [9.17, 15) is 9.90 Å². The van der Waals surface area contributed by atoms with E-state index in [-0.39, 0.29) is 34.7 Å². The van der Waals surface area contributed by atoms with Gasteiger partial charge in [-0.05, 0) is 67.6 Å². The van der Waals surface area contributed by atoms with Crippen molar-refractivity contribution < 1.29 is 14.6 Å². The van der Waals surface area contributed by atoms with E-state index in [2.05, 4.69) is 13.5 Å². The average molecular weight is 316 g/mol. The van der Waals surface area contributed by atoms with Gasteiger partial charge in [-0.1, -0.05) is 25.5 Å². The van der Waals surface area contributed by atoms with Crippen LogP contribution >= 0.6 is 0 Å². The number of aliphatic hydroxyl groups excluding tert-OH is 1. The molecule has 0 aromatic heterocycles. The number of rotatable bonds is 1. The lowest BCUT2D eigenvalue weighted by Crippen LogP contribution is -2.58. The van der Waals surface area contributed by atoms with Crippen LogP contribution in [0, 0.1) is 39.9 Å². The zero-order valence-electron chi connectivity index (χ0n) is 14.1. The van der Waals surface area contributed by atoms with Crippen molar-refractivity contribution in [1.82, 2.24) is 0 Å². The van der Waals surface area contributed by atoms with Gasteiger partial charge in [0, 0.05) is 12.0 Å². The second-order valence-electron chi connectivity index (χ2n) is 9.49. The molecule has 126 valence electrons. The highest BCUT2D eigenvalue weighted by Crippen LogP contribution is 2.78. The summed E-state index contributed by atoms with van der Waals surface area (Å²) < 4.78 is 5.78. The van der Waals surface area contributed by atoms with E-state index in [1.807, 2.05) is 0 Å². The molecule has 4 bridgehead atoms. The zero-order chi connectivity index (χ0) is 16.0. The van der Waals surface area contributed by atoms with Crippen LogP contribution in [-0.2, 0) is 9.53 Å². The first kappa shape index (κ1) is 14.5. The molecule has 4 aliphatic carbocycles. The minimum atomic E-state index is -0.311. The lowest BCUT2D eigenvalue weighted by Gasteiger charge is -2.55. The minimum absolute atomic E-state index is 0.0606. The van der Waals surface area contributed by atoms with Crippen molar-refractivity contribution in [3.63, 3.8) is 0 Å². The Balaban J connectivity index is 1.74. The zero-order valence-corrected chi connectivity index (χ0v) is 14.1. The largest absolute Gasteiger partial charge is 0.465 e. The van der Waals surface area contributed by atoms with Crippen LogP contribution in [0.4, 0.5) is 0 Å². The summed E-state index contributed by atoms with van der Waals surface area (Å²) in [5.74, 6) is 1.66. The Hall–Kier alpha value is -0.830. The van der Waals surface area contributed by atoms with Crippen LogP contribution in [0.5, 0.6) is 0 Å². The summed E-state index contributed by atoms with van der Waals surface area (Å²) in [5.41, 5.74) is 1.25. The Morgan fingerprint density at radius 1 is 1.35 bits per heavy atom. The molecule has 0 radical (unpaired) electrons. The molecule has 0 amide bonds. The maximum Gasteiger partial charge on any atom is 0.312 e. The Bertz CT molecular complexity index is 598. The van der Waals surface area contributed by atoms with Crippen molar-refractivity contribution in [2.75, 3.05) is 13.2 Å². The summed E-state index contributed by atoms with van der Waals surface area (Å²) in [6.07, 6.45) is 7.75. The molecule has 5 aliphatic rings. The Morgan fingerprint density at radius 3 is 2.96 bits per heavy atom. The van der Waals surface area contributed by atoms with E-state index in [1.54, 1.807) is 0 Å². The van der Waals surface area contributed by atoms with Crippen molar-refractivity contribution in [2.24, 2.45) is 39.9 Å².